The molecule has 188 valence electrons. The maximum Gasteiger partial charge on any atom is 0.418 e. The average molecular weight is 514 g/mol. The van der Waals surface area contributed by atoms with Crippen LogP contribution < -0.4 is 4.74 Å². The fourth-order valence-electron chi connectivity index (χ4n) is 4.07. The number of aromatic nitrogens is 1. The van der Waals surface area contributed by atoms with E-state index in [0.29, 0.717) is 28.0 Å². The largest absolute Gasteiger partial charge is 0.457 e. The Morgan fingerprint density at radius 1 is 0.861 bits per heavy atom. The second kappa shape index (κ2) is 9.58. The number of rotatable bonds is 6. The highest BCUT2D eigenvalue weighted by Gasteiger charge is 2.33. The third-order valence-electron chi connectivity index (χ3n) is 5.97. The SMILES string of the molecule is CC(C)c1cnc2c(C(F)(F)F)cccc2c1-c1cccc(Oc2cccc(S(=O)(=O)C(C)C)c2)c1. The Hall–Kier alpha value is -3.39. The van der Waals surface area contributed by atoms with Crippen molar-refractivity contribution in [3.63, 3.8) is 0 Å². The van der Waals surface area contributed by atoms with Gasteiger partial charge in [0.25, 0.3) is 0 Å². The van der Waals surface area contributed by atoms with Crippen molar-refractivity contribution in [2.24, 2.45) is 0 Å². The monoisotopic (exact) mass is 513 g/mol. The highest BCUT2D eigenvalue weighted by Crippen LogP contribution is 2.41. The molecule has 0 radical (unpaired) electrons. The minimum atomic E-state index is -4.53. The first-order chi connectivity index (χ1) is 16.9. The Bertz CT molecular complexity index is 1530. The molecule has 0 aliphatic carbocycles. The van der Waals surface area contributed by atoms with Crippen LogP contribution in [0.4, 0.5) is 13.2 Å². The summed E-state index contributed by atoms with van der Waals surface area (Å²) in [6.45, 7) is 7.14. The number of fused-ring (bicyclic) bond motifs is 1. The maximum atomic E-state index is 13.7. The van der Waals surface area contributed by atoms with Gasteiger partial charge in [0.15, 0.2) is 9.84 Å². The topological polar surface area (TPSA) is 56.3 Å². The van der Waals surface area contributed by atoms with Crippen molar-refractivity contribution in [1.29, 1.82) is 0 Å². The third-order valence-corrected chi connectivity index (χ3v) is 8.12. The standard InChI is InChI=1S/C28H26F3NO3S/c1-17(2)24-16-32-27-23(12-7-13-25(27)28(29,30)31)26(24)19-8-5-9-20(14-19)35-21-10-6-11-22(15-21)36(33,34)18(3)4/h5-18H,1-4H3. The molecule has 3 aromatic carbocycles. The number of alkyl halides is 3. The van der Waals surface area contributed by atoms with Crippen LogP contribution in [0.5, 0.6) is 11.5 Å². The van der Waals surface area contributed by atoms with Crippen molar-refractivity contribution in [1.82, 2.24) is 4.98 Å². The zero-order valence-corrected chi connectivity index (χ0v) is 21.1. The van der Waals surface area contributed by atoms with Gasteiger partial charge in [-0.3, -0.25) is 4.98 Å². The van der Waals surface area contributed by atoms with E-state index in [-0.39, 0.29) is 16.3 Å². The van der Waals surface area contributed by atoms with Gasteiger partial charge >= 0.3 is 6.18 Å². The second-order valence-electron chi connectivity index (χ2n) is 9.14. The van der Waals surface area contributed by atoms with E-state index in [4.69, 9.17) is 4.74 Å². The van der Waals surface area contributed by atoms with E-state index in [1.165, 1.54) is 24.4 Å². The van der Waals surface area contributed by atoms with Gasteiger partial charge in [0.1, 0.15) is 11.5 Å². The van der Waals surface area contributed by atoms with Crippen LogP contribution in [-0.4, -0.2) is 18.7 Å². The minimum absolute atomic E-state index is 0.00828. The maximum absolute atomic E-state index is 13.7. The number of para-hydroxylation sites is 1. The third kappa shape index (κ3) is 4.95. The molecule has 0 atom stereocenters. The lowest BCUT2D eigenvalue weighted by Gasteiger charge is -2.18. The number of hydrogen-bond donors (Lipinski definition) is 0. The quantitative estimate of drug-likeness (QED) is 0.262. The summed E-state index contributed by atoms with van der Waals surface area (Å²) in [5, 5.41) is -0.176. The van der Waals surface area contributed by atoms with Crippen LogP contribution in [0, 0.1) is 0 Å². The van der Waals surface area contributed by atoms with Gasteiger partial charge < -0.3 is 4.74 Å². The Kier molecular flexibility index (Phi) is 6.84. The van der Waals surface area contributed by atoms with Crippen LogP contribution in [-0.2, 0) is 16.0 Å². The van der Waals surface area contributed by atoms with Crippen molar-refractivity contribution in [2.45, 2.75) is 49.9 Å². The predicted molar refractivity (Wildman–Crippen MR) is 135 cm³/mol. The van der Waals surface area contributed by atoms with Gasteiger partial charge in [0, 0.05) is 11.6 Å². The molecule has 0 unspecified atom stereocenters. The summed E-state index contributed by atoms with van der Waals surface area (Å²) in [7, 11) is -3.48. The summed E-state index contributed by atoms with van der Waals surface area (Å²) in [5.41, 5.74) is 1.25. The molecule has 0 aliphatic rings. The number of pyridine rings is 1. The minimum Gasteiger partial charge on any atom is -0.457 e. The van der Waals surface area contributed by atoms with Gasteiger partial charge in [-0.1, -0.05) is 44.2 Å². The normalized spacial score (nSPS) is 12.5. The van der Waals surface area contributed by atoms with Crippen LogP contribution in [0.2, 0.25) is 0 Å². The highest BCUT2D eigenvalue weighted by atomic mass is 32.2. The van der Waals surface area contributed by atoms with Crippen molar-refractivity contribution in [3.8, 4) is 22.6 Å². The van der Waals surface area contributed by atoms with Crippen molar-refractivity contribution >= 4 is 20.7 Å². The number of halogens is 3. The molecule has 36 heavy (non-hydrogen) atoms. The highest BCUT2D eigenvalue weighted by molar-refractivity contribution is 7.92. The Labute approximate surface area is 208 Å². The number of hydrogen-bond acceptors (Lipinski definition) is 4. The summed E-state index contributed by atoms with van der Waals surface area (Å²) in [6, 6.07) is 17.4. The summed E-state index contributed by atoms with van der Waals surface area (Å²) in [5.74, 6) is 0.782. The molecule has 8 heteroatoms. The fourth-order valence-corrected chi connectivity index (χ4v) is 5.16. The number of ether oxygens (including phenoxy) is 1. The molecule has 0 amide bonds. The zero-order chi connectivity index (χ0) is 26.3. The van der Waals surface area contributed by atoms with Crippen LogP contribution >= 0.6 is 0 Å². The molecule has 0 fully saturated rings. The van der Waals surface area contributed by atoms with E-state index in [0.717, 1.165) is 11.6 Å². The van der Waals surface area contributed by atoms with Crippen LogP contribution in [0.25, 0.3) is 22.0 Å². The van der Waals surface area contributed by atoms with E-state index in [9.17, 15) is 21.6 Å². The van der Waals surface area contributed by atoms with Crippen molar-refractivity contribution < 1.29 is 26.3 Å². The predicted octanol–water partition coefficient (Wildman–Crippen LogP) is 8.02. The lowest BCUT2D eigenvalue weighted by atomic mass is 9.90. The first-order valence-corrected chi connectivity index (χ1v) is 13.0. The molecule has 0 saturated carbocycles. The van der Waals surface area contributed by atoms with Gasteiger partial charge in [-0.05, 0) is 72.9 Å². The molecule has 4 rings (SSSR count). The van der Waals surface area contributed by atoms with Gasteiger partial charge in [0.2, 0.25) is 0 Å². The van der Waals surface area contributed by atoms with Gasteiger partial charge in [-0.15, -0.1) is 0 Å². The molecule has 4 aromatic rings. The van der Waals surface area contributed by atoms with Gasteiger partial charge in [-0.2, -0.15) is 13.2 Å². The summed E-state index contributed by atoms with van der Waals surface area (Å²) in [6.07, 6.45) is -3.03. The van der Waals surface area contributed by atoms with Crippen molar-refractivity contribution in [3.05, 3.63) is 84.1 Å². The molecule has 0 saturated heterocycles. The molecule has 0 spiro atoms. The molecule has 0 bridgehead atoms. The molecule has 1 heterocycles. The molecule has 1 aromatic heterocycles. The van der Waals surface area contributed by atoms with Gasteiger partial charge in [-0.25, -0.2) is 8.42 Å². The molecule has 0 N–H and O–H groups in total. The van der Waals surface area contributed by atoms with Crippen molar-refractivity contribution in [2.75, 3.05) is 0 Å². The Morgan fingerprint density at radius 2 is 1.50 bits per heavy atom. The molecule has 0 aliphatic heterocycles. The molecule has 4 nitrogen and oxygen atoms in total. The summed E-state index contributed by atoms with van der Waals surface area (Å²) in [4.78, 5) is 4.34. The van der Waals surface area contributed by atoms with E-state index in [2.05, 4.69) is 4.98 Å². The second-order valence-corrected chi connectivity index (χ2v) is 11.6. The van der Waals surface area contributed by atoms with E-state index < -0.39 is 26.8 Å². The zero-order valence-electron chi connectivity index (χ0n) is 20.3. The molecular formula is C28H26F3NO3S. The number of benzene rings is 3. The molecular weight excluding hydrogens is 487 g/mol. The lowest BCUT2D eigenvalue weighted by Crippen LogP contribution is -2.13. The first-order valence-electron chi connectivity index (χ1n) is 11.5. The average Bonchev–Trinajstić information content (AvgIpc) is 2.82. The van der Waals surface area contributed by atoms with E-state index in [1.54, 1.807) is 50.2 Å². The summed E-state index contributed by atoms with van der Waals surface area (Å²) < 4.78 is 72.1. The van der Waals surface area contributed by atoms with E-state index >= 15 is 0 Å². The smallest absolute Gasteiger partial charge is 0.418 e. The number of nitrogens with zero attached hydrogens (tertiary/aromatic N) is 1. The van der Waals surface area contributed by atoms with Gasteiger partial charge in [0.05, 0.1) is 21.2 Å². The Balaban J connectivity index is 1.83. The van der Waals surface area contributed by atoms with E-state index in [1.807, 2.05) is 19.9 Å². The summed E-state index contributed by atoms with van der Waals surface area (Å²) >= 11 is 0. The lowest BCUT2D eigenvalue weighted by molar-refractivity contribution is -0.136. The first kappa shape index (κ1) is 25.7. The number of sulfone groups is 1. The van der Waals surface area contributed by atoms with Crippen LogP contribution in [0.3, 0.4) is 0 Å². The fraction of sp³-hybridized carbons (Fsp3) is 0.250. The Morgan fingerprint density at radius 3 is 2.14 bits per heavy atom. The van der Waals surface area contributed by atoms with Crippen LogP contribution in [0.15, 0.2) is 77.8 Å². The van der Waals surface area contributed by atoms with Crippen LogP contribution in [0.1, 0.15) is 44.7 Å².